The Hall–Kier alpha value is -1.69. The minimum Gasteiger partial charge on any atom is -0.487 e. The molecule has 6 heteroatoms. The summed E-state index contributed by atoms with van der Waals surface area (Å²) >= 11 is 13.1. The second kappa shape index (κ2) is 9.00. The summed E-state index contributed by atoms with van der Waals surface area (Å²) in [5, 5.41) is 0.635. The zero-order valence-electron chi connectivity index (χ0n) is 14.3. The van der Waals surface area contributed by atoms with Crippen LogP contribution in [-0.2, 0) is 6.61 Å². The molecule has 0 unspecified atom stereocenters. The minimum absolute atomic E-state index is 0.270. The molecule has 3 rings (SSSR count). The maximum Gasteiger partial charge on any atom is 0.142 e. The third-order valence-corrected chi connectivity index (χ3v) is 5.13. The summed E-state index contributed by atoms with van der Waals surface area (Å²) in [6.45, 7) is 2.29. The summed E-state index contributed by atoms with van der Waals surface area (Å²) in [6.07, 6.45) is 1.74. The van der Waals surface area contributed by atoms with Gasteiger partial charge in [0, 0.05) is 21.3 Å². The van der Waals surface area contributed by atoms with E-state index in [2.05, 4.69) is 36.9 Å². The molecule has 0 atom stereocenters. The smallest absolute Gasteiger partial charge is 0.142 e. The Kier molecular flexibility index (Phi) is 6.68. The number of aliphatic imine (C=N–C) groups is 1. The van der Waals surface area contributed by atoms with E-state index in [9.17, 15) is 4.39 Å². The monoisotopic (exact) mass is 509 g/mol. The van der Waals surface area contributed by atoms with Crippen molar-refractivity contribution in [1.29, 1.82) is 0 Å². The van der Waals surface area contributed by atoms with E-state index in [1.54, 1.807) is 18.3 Å². The average Bonchev–Trinajstić information content (AvgIpc) is 2.63. The standard InChI is InChI=1S/C21H15Br2ClFNO/c1-13-2-5-17(24)10-20(13)26-11-15-8-16(22)9-19(23)21(15)27-12-14-3-6-18(25)7-4-14/h2-11H,12H2,1H3. The Labute approximate surface area is 179 Å². The predicted molar refractivity (Wildman–Crippen MR) is 116 cm³/mol. The molecule has 27 heavy (non-hydrogen) atoms. The molecular formula is C21H15Br2ClFNO. The summed E-state index contributed by atoms with van der Waals surface area (Å²) in [5.41, 5.74) is 3.50. The van der Waals surface area contributed by atoms with Crippen molar-refractivity contribution in [2.45, 2.75) is 13.5 Å². The molecule has 0 aliphatic carbocycles. The van der Waals surface area contributed by atoms with Gasteiger partial charge in [-0.25, -0.2) is 4.39 Å². The molecule has 0 N–H and O–H groups in total. The van der Waals surface area contributed by atoms with Crippen LogP contribution in [-0.4, -0.2) is 6.21 Å². The fourth-order valence-corrected chi connectivity index (χ4v) is 3.96. The van der Waals surface area contributed by atoms with E-state index in [4.69, 9.17) is 16.3 Å². The Morgan fingerprint density at radius 2 is 1.81 bits per heavy atom. The quantitative estimate of drug-likeness (QED) is 0.323. The van der Waals surface area contributed by atoms with Crippen LogP contribution >= 0.6 is 43.5 Å². The first-order chi connectivity index (χ1) is 12.9. The molecule has 0 aliphatic rings. The van der Waals surface area contributed by atoms with Crippen LogP contribution in [0.1, 0.15) is 16.7 Å². The highest BCUT2D eigenvalue weighted by Gasteiger charge is 2.10. The van der Waals surface area contributed by atoms with Crippen molar-refractivity contribution < 1.29 is 9.13 Å². The first-order valence-corrected chi connectivity index (χ1v) is 10.1. The lowest BCUT2D eigenvalue weighted by Gasteiger charge is -2.12. The van der Waals surface area contributed by atoms with E-state index in [0.717, 1.165) is 31.3 Å². The molecule has 0 radical (unpaired) electrons. The number of benzene rings is 3. The van der Waals surface area contributed by atoms with Crippen LogP contribution in [0.5, 0.6) is 5.75 Å². The average molecular weight is 512 g/mol. The number of rotatable bonds is 5. The summed E-state index contributed by atoms with van der Waals surface area (Å²) in [5.74, 6) is 0.388. The van der Waals surface area contributed by atoms with Crippen molar-refractivity contribution in [2.24, 2.45) is 4.99 Å². The van der Waals surface area contributed by atoms with Crippen LogP contribution in [0.25, 0.3) is 0 Å². The van der Waals surface area contributed by atoms with Gasteiger partial charge in [-0.1, -0.05) is 45.7 Å². The molecule has 3 aromatic carbocycles. The number of hydrogen-bond acceptors (Lipinski definition) is 2. The largest absolute Gasteiger partial charge is 0.487 e. The number of nitrogens with zero attached hydrogens (tertiary/aromatic N) is 1. The molecular weight excluding hydrogens is 496 g/mol. The van der Waals surface area contributed by atoms with Crippen LogP contribution in [0.3, 0.4) is 0 Å². The Morgan fingerprint density at radius 3 is 2.56 bits per heavy atom. The van der Waals surface area contributed by atoms with Gasteiger partial charge in [0.2, 0.25) is 0 Å². The van der Waals surface area contributed by atoms with Gasteiger partial charge in [-0.15, -0.1) is 0 Å². The fraction of sp³-hybridized carbons (Fsp3) is 0.0952. The summed E-state index contributed by atoms with van der Waals surface area (Å²) in [6, 6.07) is 15.6. The number of ether oxygens (including phenoxy) is 1. The van der Waals surface area contributed by atoms with E-state index < -0.39 is 0 Å². The topological polar surface area (TPSA) is 21.6 Å². The van der Waals surface area contributed by atoms with Crippen molar-refractivity contribution in [1.82, 2.24) is 0 Å². The molecule has 3 aromatic rings. The zero-order valence-corrected chi connectivity index (χ0v) is 18.3. The van der Waals surface area contributed by atoms with E-state index >= 15 is 0 Å². The molecule has 0 saturated heterocycles. The molecule has 0 heterocycles. The SMILES string of the molecule is Cc1ccc(Cl)cc1N=Cc1cc(Br)cc(Br)c1OCc1ccc(F)cc1. The van der Waals surface area contributed by atoms with Gasteiger partial charge >= 0.3 is 0 Å². The van der Waals surface area contributed by atoms with Gasteiger partial charge < -0.3 is 4.74 Å². The lowest BCUT2D eigenvalue weighted by Crippen LogP contribution is -2.00. The van der Waals surface area contributed by atoms with Crippen LogP contribution in [0.4, 0.5) is 10.1 Å². The molecule has 0 aromatic heterocycles. The lowest BCUT2D eigenvalue weighted by molar-refractivity contribution is 0.303. The number of aryl methyl sites for hydroxylation is 1. The molecule has 0 spiro atoms. The molecule has 138 valence electrons. The van der Waals surface area contributed by atoms with Crippen molar-refractivity contribution >= 4 is 55.4 Å². The molecule has 0 aliphatic heterocycles. The van der Waals surface area contributed by atoms with Gasteiger partial charge in [0.1, 0.15) is 18.2 Å². The van der Waals surface area contributed by atoms with E-state index in [-0.39, 0.29) is 5.82 Å². The first-order valence-electron chi connectivity index (χ1n) is 8.09. The third kappa shape index (κ3) is 5.41. The normalized spacial score (nSPS) is 11.1. The van der Waals surface area contributed by atoms with Crippen molar-refractivity contribution in [3.63, 3.8) is 0 Å². The van der Waals surface area contributed by atoms with Crippen molar-refractivity contribution in [3.8, 4) is 5.75 Å². The minimum atomic E-state index is -0.270. The number of hydrogen-bond donors (Lipinski definition) is 0. The highest BCUT2D eigenvalue weighted by atomic mass is 79.9. The molecule has 0 bridgehead atoms. The summed E-state index contributed by atoms with van der Waals surface area (Å²) in [7, 11) is 0. The van der Waals surface area contributed by atoms with E-state index in [1.165, 1.54) is 12.1 Å². The number of halogens is 4. The van der Waals surface area contributed by atoms with Gasteiger partial charge in [0.15, 0.2) is 0 Å². The second-order valence-corrected chi connectivity index (χ2v) is 8.12. The van der Waals surface area contributed by atoms with Gasteiger partial charge in [0.25, 0.3) is 0 Å². The Balaban J connectivity index is 1.89. The van der Waals surface area contributed by atoms with E-state index in [0.29, 0.717) is 17.4 Å². The van der Waals surface area contributed by atoms with Gasteiger partial charge in [-0.2, -0.15) is 0 Å². The maximum absolute atomic E-state index is 13.1. The molecule has 0 amide bonds. The maximum atomic E-state index is 13.1. The van der Waals surface area contributed by atoms with Crippen LogP contribution < -0.4 is 4.74 Å². The van der Waals surface area contributed by atoms with Gasteiger partial charge in [-0.3, -0.25) is 4.99 Å². The van der Waals surface area contributed by atoms with Gasteiger partial charge in [-0.05, 0) is 70.4 Å². The zero-order chi connectivity index (χ0) is 19.4. The van der Waals surface area contributed by atoms with Crippen molar-refractivity contribution in [3.05, 3.63) is 91.1 Å². The van der Waals surface area contributed by atoms with Crippen LogP contribution in [0.2, 0.25) is 5.02 Å². The third-order valence-electron chi connectivity index (χ3n) is 3.85. The van der Waals surface area contributed by atoms with E-state index in [1.807, 2.05) is 37.3 Å². The summed E-state index contributed by atoms with van der Waals surface area (Å²) < 4.78 is 20.7. The highest BCUT2D eigenvalue weighted by Crippen LogP contribution is 2.33. The predicted octanol–water partition coefficient (Wildman–Crippen LogP) is 7.64. The Morgan fingerprint density at radius 1 is 1.07 bits per heavy atom. The summed E-state index contributed by atoms with van der Waals surface area (Å²) in [4.78, 5) is 4.57. The van der Waals surface area contributed by atoms with Gasteiger partial charge in [0.05, 0.1) is 10.2 Å². The van der Waals surface area contributed by atoms with Crippen LogP contribution in [0.15, 0.2) is 68.5 Å². The molecule has 0 saturated carbocycles. The fourth-order valence-electron chi connectivity index (χ4n) is 2.43. The highest BCUT2D eigenvalue weighted by molar-refractivity contribution is 9.11. The first kappa shape index (κ1) is 20.1. The lowest BCUT2D eigenvalue weighted by atomic mass is 10.2. The molecule has 2 nitrogen and oxygen atoms in total. The molecule has 0 fully saturated rings. The Bertz CT molecular complexity index is 990. The van der Waals surface area contributed by atoms with Crippen molar-refractivity contribution in [2.75, 3.05) is 0 Å². The second-order valence-electron chi connectivity index (χ2n) is 5.91. The van der Waals surface area contributed by atoms with Crippen LogP contribution in [0, 0.1) is 12.7 Å².